The molecule has 2 aliphatic rings. The number of hydrogen-bond donors (Lipinski definition) is 0. The lowest BCUT2D eigenvalue weighted by Gasteiger charge is -2.39. The van der Waals surface area contributed by atoms with Crippen LogP contribution in [-0.2, 0) is 14.3 Å². The van der Waals surface area contributed by atoms with Gasteiger partial charge in [0, 0.05) is 44.3 Å². The number of ether oxygens (including phenoxy) is 1. The van der Waals surface area contributed by atoms with Crippen molar-refractivity contribution in [2.45, 2.75) is 51.1 Å². The van der Waals surface area contributed by atoms with Crippen LogP contribution >= 0.6 is 0 Å². The summed E-state index contributed by atoms with van der Waals surface area (Å²) in [5.74, 6) is 1.82. The Morgan fingerprint density at radius 1 is 1.13 bits per heavy atom. The summed E-state index contributed by atoms with van der Waals surface area (Å²) in [4.78, 5) is 40.4. The van der Waals surface area contributed by atoms with Crippen LogP contribution in [0.2, 0.25) is 0 Å². The van der Waals surface area contributed by atoms with Crippen molar-refractivity contribution >= 4 is 17.7 Å². The minimum absolute atomic E-state index is 0.0167. The number of benzene rings is 1. The van der Waals surface area contributed by atoms with Gasteiger partial charge in [0.15, 0.2) is 11.4 Å². The first-order valence-corrected chi connectivity index (χ1v) is 10.4. The number of piperidine rings is 1. The molecule has 2 heterocycles. The van der Waals surface area contributed by atoms with Crippen LogP contribution in [0.15, 0.2) is 40.6 Å². The van der Waals surface area contributed by atoms with Gasteiger partial charge < -0.3 is 9.64 Å². The summed E-state index contributed by atoms with van der Waals surface area (Å²) < 4.78 is 5.26. The highest BCUT2D eigenvalue weighted by molar-refractivity contribution is 6.12. The molecule has 0 N–H and O–H groups in total. The van der Waals surface area contributed by atoms with Crippen LogP contribution in [0.5, 0.6) is 0 Å². The third-order valence-corrected chi connectivity index (χ3v) is 5.90. The molecule has 1 aromatic rings. The van der Waals surface area contributed by atoms with Crippen molar-refractivity contribution < 1.29 is 19.1 Å². The van der Waals surface area contributed by atoms with E-state index in [1.165, 1.54) is 0 Å². The van der Waals surface area contributed by atoms with Gasteiger partial charge in [-0.2, -0.15) is 10.2 Å². The smallest absolute Gasteiger partial charge is 0.320 e. The van der Waals surface area contributed by atoms with E-state index in [9.17, 15) is 14.4 Å². The molecule has 0 atom stereocenters. The second-order valence-electron chi connectivity index (χ2n) is 7.77. The Labute approximate surface area is 176 Å². The Balaban J connectivity index is 1.63. The predicted octanol–water partition coefficient (Wildman–Crippen LogP) is 3.40. The molecule has 0 saturated carbocycles. The molecule has 1 saturated heterocycles. The van der Waals surface area contributed by atoms with Gasteiger partial charge in [-0.25, -0.2) is 0 Å². The summed E-state index contributed by atoms with van der Waals surface area (Å²) in [6.07, 6.45) is 7.90. The van der Waals surface area contributed by atoms with E-state index in [0.29, 0.717) is 44.3 Å². The second kappa shape index (κ2) is 9.21. The minimum Gasteiger partial charge on any atom is -0.465 e. The maximum atomic E-state index is 13.2. The summed E-state index contributed by atoms with van der Waals surface area (Å²) in [6.45, 7) is 2.60. The van der Waals surface area contributed by atoms with Crippen LogP contribution < -0.4 is 0 Å². The summed E-state index contributed by atoms with van der Waals surface area (Å²) in [5.41, 5.74) is -1.25. The number of terminal acetylenes is 1. The number of Topliss-reactive ketones (excluding diaryl/α,β-unsaturated/α-hetero) is 1. The molecule has 30 heavy (non-hydrogen) atoms. The number of nitrogens with zero attached hydrogens (tertiary/aromatic N) is 3. The summed E-state index contributed by atoms with van der Waals surface area (Å²) in [7, 11) is 0. The van der Waals surface area contributed by atoms with E-state index in [4.69, 9.17) is 11.2 Å². The monoisotopic (exact) mass is 409 g/mol. The van der Waals surface area contributed by atoms with Gasteiger partial charge in [0.1, 0.15) is 5.41 Å². The quantitative estimate of drug-likeness (QED) is 0.271. The van der Waals surface area contributed by atoms with E-state index >= 15 is 0 Å². The number of carbonyl (C=O) groups excluding carboxylic acids is 3. The molecular formula is C23H27N3O4. The molecule has 0 spiro atoms. The number of rotatable bonds is 9. The Bertz CT molecular complexity index is 858. The molecular weight excluding hydrogens is 382 g/mol. The number of likely N-dealkylation sites (tertiary alicyclic amines) is 1. The van der Waals surface area contributed by atoms with Gasteiger partial charge in [-0.1, -0.05) is 30.3 Å². The van der Waals surface area contributed by atoms with E-state index in [-0.39, 0.29) is 31.1 Å². The fraction of sp³-hybridized carbons (Fsp3) is 0.522. The van der Waals surface area contributed by atoms with Crippen molar-refractivity contribution in [2.75, 3.05) is 19.7 Å². The van der Waals surface area contributed by atoms with Crippen LogP contribution in [0.1, 0.15) is 55.8 Å². The SMILES string of the molecule is C#CCCC1(CCC(=O)N2CCC(C(=O)OCC)(C(=O)c3ccccc3)CC2)N=N1. The first-order chi connectivity index (χ1) is 14.5. The zero-order valence-electron chi connectivity index (χ0n) is 17.3. The predicted molar refractivity (Wildman–Crippen MR) is 111 cm³/mol. The van der Waals surface area contributed by atoms with Crippen LogP contribution in [0.4, 0.5) is 0 Å². The van der Waals surface area contributed by atoms with Gasteiger partial charge >= 0.3 is 5.97 Å². The maximum absolute atomic E-state index is 13.2. The zero-order valence-corrected chi connectivity index (χ0v) is 17.3. The highest BCUT2D eigenvalue weighted by Crippen LogP contribution is 2.39. The number of ketones is 1. The molecule has 0 unspecified atom stereocenters. The summed E-state index contributed by atoms with van der Waals surface area (Å²) in [5, 5.41) is 8.13. The lowest BCUT2D eigenvalue weighted by Crippen LogP contribution is -2.51. The summed E-state index contributed by atoms with van der Waals surface area (Å²) >= 11 is 0. The number of amides is 1. The number of carbonyl (C=O) groups is 3. The average Bonchev–Trinajstić information content (AvgIpc) is 3.56. The Morgan fingerprint density at radius 3 is 2.37 bits per heavy atom. The molecule has 1 aromatic carbocycles. The fourth-order valence-corrected chi connectivity index (χ4v) is 3.93. The van der Waals surface area contributed by atoms with Crippen molar-refractivity contribution in [3.8, 4) is 12.3 Å². The fourth-order valence-electron chi connectivity index (χ4n) is 3.93. The van der Waals surface area contributed by atoms with E-state index in [1.807, 2.05) is 6.07 Å². The molecule has 0 aromatic heterocycles. The Hall–Kier alpha value is -3.01. The molecule has 0 aliphatic carbocycles. The van der Waals surface area contributed by atoms with Crippen LogP contribution in [-0.4, -0.2) is 47.9 Å². The van der Waals surface area contributed by atoms with Gasteiger partial charge in [-0.3, -0.25) is 14.4 Å². The molecule has 0 bridgehead atoms. The van der Waals surface area contributed by atoms with E-state index in [1.54, 1.807) is 36.1 Å². The highest BCUT2D eigenvalue weighted by Gasteiger charge is 2.50. The van der Waals surface area contributed by atoms with Crippen LogP contribution in [0.3, 0.4) is 0 Å². The lowest BCUT2D eigenvalue weighted by molar-refractivity contribution is -0.156. The zero-order chi connectivity index (χ0) is 21.6. The van der Waals surface area contributed by atoms with Crippen molar-refractivity contribution in [2.24, 2.45) is 15.6 Å². The first kappa shape index (κ1) is 21.7. The van der Waals surface area contributed by atoms with Crippen LogP contribution in [0, 0.1) is 17.8 Å². The maximum Gasteiger partial charge on any atom is 0.320 e. The topological polar surface area (TPSA) is 88.4 Å². The number of esters is 1. The Morgan fingerprint density at radius 2 is 1.80 bits per heavy atom. The number of hydrogen-bond acceptors (Lipinski definition) is 6. The average molecular weight is 409 g/mol. The van der Waals surface area contributed by atoms with Crippen molar-refractivity contribution in [3.05, 3.63) is 35.9 Å². The normalized spacial score (nSPS) is 18.3. The van der Waals surface area contributed by atoms with Crippen molar-refractivity contribution in [1.29, 1.82) is 0 Å². The minimum atomic E-state index is -1.25. The molecule has 158 valence electrons. The van der Waals surface area contributed by atoms with E-state index in [0.717, 1.165) is 0 Å². The lowest BCUT2D eigenvalue weighted by atomic mass is 9.72. The van der Waals surface area contributed by atoms with E-state index < -0.39 is 17.0 Å². The van der Waals surface area contributed by atoms with Gasteiger partial charge in [-0.15, -0.1) is 12.3 Å². The van der Waals surface area contributed by atoms with Crippen molar-refractivity contribution in [3.63, 3.8) is 0 Å². The standard InChI is InChI=1S/C23H27N3O4/c1-3-5-12-23(24-25-23)13-11-19(27)26-16-14-22(15-17-26,21(29)30-4-2)20(28)18-9-7-6-8-10-18/h1,6-10H,4-5,11-17H2,2H3. The third kappa shape index (κ3) is 4.59. The highest BCUT2D eigenvalue weighted by atomic mass is 16.5. The second-order valence-corrected chi connectivity index (χ2v) is 7.77. The van der Waals surface area contributed by atoms with Gasteiger partial charge in [0.2, 0.25) is 5.91 Å². The molecule has 7 heteroatoms. The molecule has 2 aliphatic heterocycles. The van der Waals surface area contributed by atoms with Gasteiger partial charge in [0.25, 0.3) is 0 Å². The molecule has 3 rings (SSSR count). The molecule has 1 amide bonds. The van der Waals surface area contributed by atoms with Crippen molar-refractivity contribution in [1.82, 2.24) is 4.90 Å². The first-order valence-electron chi connectivity index (χ1n) is 10.4. The summed E-state index contributed by atoms with van der Waals surface area (Å²) in [6, 6.07) is 8.78. The van der Waals surface area contributed by atoms with Gasteiger partial charge in [-0.05, 0) is 19.8 Å². The molecule has 7 nitrogen and oxygen atoms in total. The third-order valence-electron chi connectivity index (χ3n) is 5.90. The largest absolute Gasteiger partial charge is 0.465 e. The van der Waals surface area contributed by atoms with Gasteiger partial charge in [0.05, 0.1) is 6.61 Å². The Kier molecular flexibility index (Phi) is 6.66. The molecule has 1 fully saturated rings. The van der Waals surface area contributed by atoms with Crippen LogP contribution in [0.25, 0.3) is 0 Å². The van der Waals surface area contributed by atoms with E-state index in [2.05, 4.69) is 16.1 Å². The molecule has 0 radical (unpaired) electrons.